The fourth-order valence-corrected chi connectivity index (χ4v) is 4.63. The number of nitrogens with one attached hydrogen (secondary N) is 1. The first-order valence-electron chi connectivity index (χ1n) is 9.13. The van der Waals surface area contributed by atoms with Gasteiger partial charge in [0.25, 0.3) is 5.56 Å². The molecule has 158 valence electrons. The predicted octanol–water partition coefficient (Wildman–Crippen LogP) is 1.09. The average Bonchev–Trinajstić information content (AvgIpc) is 3.33. The lowest BCUT2D eigenvalue weighted by Gasteiger charge is -2.34. The van der Waals surface area contributed by atoms with Gasteiger partial charge in [0.1, 0.15) is 18.3 Å². The molecule has 7 atom stereocenters. The van der Waals surface area contributed by atoms with Crippen molar-refractivity contribution in [1.29, 1.82) is 0 Å². The second-order valence-electron chi connectivity index (χ2n) is 7.71. The molecule has 0 bridgehead atoms. The lowest BCUT2D eigenvalue weighted by Crippen LogP contribution is -2.39. The van der Waals surface area contributed by atoms with Gasteiger partial charge < -0.3 is 33.7 Å². The molecular weight excluding hydrogens is 391 g/mol. The van der Waals surface area contributed by atoms with Crippen molar-refractivity contribution in [1.82, 2.24) is 9.97 Å². The third-order valence-corrected chi connectivity index (χ3v) is 7.62. The number of epoxide rings is 1. The predicted molar refractivity (Wildman–Crippen MR) is 97.9 cm³/mol. The molecule has 2 fully saturated rings. The van der Waals surface area contributed by atoms with Crippen LogP contribution in [0.25, 0.3) is 0 Å². The number of aromatic amines is 1. The Morgan fingerprint density at radius 1 is 1.54 bits per heavy atom. The summed E-state index contributed by atoms with van der Waals surface area (Å²) in [7, 11) is -2.58. The van der Waals surface area contributed by atoms with E-state index in [0.29, 0.717) is 12.1 Å². The van der Waals surface area contributed by atoms with Gasteiger partial charge >= 0.3 is 7.60 Å². The van der Waals surface area contributed by atoms with Crippen LogP contribution < -0.4 is 5.56 Å². The number of hydrogen-bond acceptors (Lipinski definition) is 8. The Morgan fingerprint density at radius 3 is 2.71 bits per heavy atom. The SMILES string of the molecule is CCC(C)(CC1OC(c2c[nH]c(=O)cn2)C(OC)C1O)OP(=O)(O)C1(C)CO1. The van der Waals surface area contributed by atoms with Gasteiger partial charge in [-0.05, 0) is 20.3 Å². The zero-order chi connectivity index (χ0) is 20.7. The maximum absolute atomic E-state index is 12.6. The summed E-state index contributed by atoms with van der Waals surface area (Å²) in [5.74, 6) is 0. The van der Waals surface area contributed by atoms with Crippen LogP contribution in [0.2, 0.25) is 0 Å². The van der Waals surface area contributed by atoms with Gasteiger partial charge in [0.05, 0.1) is 30.2 Å². The van der Waals surface area contributed by atoms with Gasteiger partial charge in [-0.25, -0.2) is 0 Å². The van der Waals surface area contributed by atoms with Crippen molar-refractivity contribution in [3.63, 3.8) is 0 Å². The van der Waals surface area contributed by atoms with Gasteiger partial charge in [0.15, 0.2) is 5.34 Å². The van der Waals surface area contributed by atoms with Crippen molar-refractivity contribution < 1.29 is 33.3 Å². The average molecular weight is 418 g/mol. The summed E-state index contributed by atoms with van der Waals surface area (Å²) in [4.78, 5) is 28.1. The number of aliphatic hydroxyl groups excluding tert-OH is 1. The highest BCUT2D eigenvalue weighted by Crippen LogP contribution is 2.65. The molecule has 3 heterocycles. The Balaban J connectivity index is 1.77. The van der Waals surface area contributed by atoms with Crippen molar-refractivity contribution in [2.45, 2.75) is 69.0 Å². The van der Waals surface area contributed by atoms with Crippen molar-refractivity contribution in [3.05, 3.63) is 28.4 Å². The monoisotopic (exact) mass is 418 g/mol. The van der Waals surface area contributed by atoms with E-state index in [1.807, 2.05) is 6.92 Å². The Labute approximate surface area is 162 Å². The number of H-pyrrole nitrogens is 1. The van der Waals surface area contributed by atoms with Crippen molar-refractivity contribution in [3.8, 4) is 0 Å². The van der Waals surface area contributed by atoms with Gasteiger partial charge in [-0.15, -0.1) is 0 Å². The molecule has 7 unspecified atom stereocenters. The molecule has 2 saturated heterocycles. The first kappa shape index (κ1) is 21.6. The third kappa shape index (κ3) is 4.09. The smallest absolute Gasteiger partial charge is 0.362 e. The fourth-order valence-electron chi connectivity index (χ4n) is 3.25. The van der Waals surface area contributed by atoms with Gasteiger partial charge in [-0.1, -0.05) is 6.92 Å². The van der Waals surface area contributed by atoms with Crippen LogP contribution in [-0.4, -0.2) is 62.9 Å². The molecule has 0 radical (unpaired) electrons. The van der Waals surface area contributed by atoms with E-state index in [1.165, 1.54) is 20.2 Å². The molecule has 11 heteroatoms. The number of aliphatic hydroxyl groups is 1. The zero-order valence-corrected chi connectivity index (χ0v) is 17.2. The van der Waals surface area contributed by atoms with Gasteiger partial charge in [0.2, 0.25) is 0 Å². The minimum atomic E-state index is -4.02. The third-order valence-electron chi connectivity index (χ3n) is 5.48. The summed E-state index contributed by atoms with van der Waals surface area (Å²) in [6, 6.07) is 0. The van der Waals surface area contributed by atoms with Crippen LogP contribution in [0.15, 0.2) is 17.2 Å². The van der Waals surface area contributed by atoms with Crippen LogP contribution in [0.3, 0.4) is 0 Å². The summed E-state index contributed by atoms with van der Waals surface area (Å²) < 4.78 is 34.7. The maximum atomic E-state index is 12.6. The number of ether oxygens (including phenoxy) is 3. The molecule has 1 aromatic heterocycles. The first-order chi connectivity index (χ1) is 13.0. The largest absolute Gasteiger partial charge is 0.388 e. The van der Waals surface area contributed by atoms with Crippen LogP contribution in [0.5, 0.6) is 0 Å². The minimum absolute atomic E-state index is 0.158. The summed E-state index contributed by atoms with van der Waals surface area (Å²) in [6.45, 7) is 5.22. The highest BCUT2D eigenvalue weighted by atomic mass is 31.2. The molecule has 0 aromatic carbocycles. The first-order valence-corrected chi connectivity index (χ1v) is 10.7. The van der Waals surface area contributed by atoms with E-state index in [-0.39, 0.29) is 18.6 Å². The summed E-state index contributed by atoms with van der Waals surface area (Å²) >= 11 is 0. The number of methoxy groups -OCH3 is 1. The summed E-state index contributed by atoms with van der Waals surface area (Å²) in [5, 5.41) is 9.52. The van der Waals surface area contributed by atoms with Crippen molar-refractivity contribution >= 4 is 7.60 Å². The highest BCUT2D eigenvalue weighted by Gasteiger charge is 2.59. The number of rotatable bonds is 8. The van der Waals surface area contributed by atoms with E-state index in [2.05, 4.69) is 9.97 Å². The van der Waals surface area contributed by atoms with Crippen LogP contribution >= 0.6 is 7.60 Å². The second-order valence-corrected chi connectivity index (χ2v) is 9.87. The molecule has 0 saturated carbocycles. The Hall–Kier alpha value is -1.13. The number of nitrogens with zero attached hydrogens (tertiary/aromatic N) is 1. The quantitative estimate of drug-likeness (QED) is 0.417. The van der Waals surface area contributed by atoms with E-state index in [0.717, 1.165) is 6.20 Å². The molecule has 28 heavy (non-hydrogen) atoms. The normalized spacial score (nSPS) is 36.6. The molecule has 2 aliphatic rings. The molecule has 0 aliphatic carbocycles. The summed E-state index contributed by atoms with van der Waals surface area (Å²) in [6.07, 6.45) is -0.0298. The molecule has 0 spiro atoms. The molecule has 2 aliphatic heterocycles. The lowest BCUT2D eigenvalue weighted by molar-refractivity contribution is -0.0489. The molecule has 0 amide bonds. The van der Waals surface area contributed by atoms with Crippen LogP contribution in [0, 0.1) is 0 Å². The van der Waals surface area contributed by atoms with Crippen molar-refractivity contribution in [2.24, 2.45) is 0 Å². The van der Waals surface area contributed by atoms with Gasteiger partial charge in [0, 0.05) is 19.7 Å². The molecule has 3 rings (SSSR count). The minimum Gasteiger partial charge on any atom is -0.388 e. The molecule has 3 N–H and O–H groups in total. The van der Waals surface area contributed by atoms with Crippen LogP contribution in [0.1, 0.15) is 45.4 Å². The molecule has 10 nitrogen and oxygen atoms in total. The number of hydrogen-bond donors (Lipinski definition) is 3. The van der Waals surface area contributed by atoms with Gasteiger partial charge in [-0.3, -0.25) is 14.3 Å². The Morgan fingerprint density at radius 2 is 2.21 bits per heavy atom. The Kier molecular flexibility index (Phi) is 5.86. The summed E-state index contributed by atoms with van der Waals surface area (Å²) in [5.41, 5.74) is -0.968. The van der Waals surface area contributed by atoms with E-state index >= 15 is 0 Å². The molecule has 1 aromatic rings. The van der Waals surface area contributed by atoms with Crippen LogP contribution in [0.4, 0.5) is 0 Å². The number of aromatic nitrogens is 2. The standard InChI is InChI=1S/C17H27N2O8P/c1-5-16(2,27-28(22,23)17(3)9-25-17)6-11-13(21)15(24-4)14(26-11)10-7-19-12(20)8-18-10/h7-8,11,13-15,21H,5-6,9H2,1-4H3,(H,19,20)(H,22,23). The van der Waals surface area contributed by atoms with E-state index in [4.69, 9.17) is 18.7 Å². The highest BCUT2D eigenvalue weighted by molar-refractivity contribution is 7.54. The maximum Gasteiger partial charge on any atom is 0.362 e. The van der Waals surface area contributed by atoms with Crippen molar-refractivity contribution in [2.75, 3.05) is 13.7 Å². The van der Waals surface area contributed by atoms with E-state index < -0.39 is 43.0 Å². The van der Waals surface area contributed by atoms with E-state index in [9.17, 15) is 19.4 Å². The Bertz CT molecular complexity index is 792. The van der Waals surface area contributed by atoms with E-state index in [1.54, 1.807) is 6.92 Å². The van der Waals surface area contributed by atoms with Gasteiger partial charge in [-0.2, -0.15) is 0 Å². The lowest BCUT2D eigenvalue weighted by atomic mass is 9.92. The fraction of sp³-hybridized carbons (Fsp3) is 0.765. The topological polar surface area (TPSA) is 144 Å². The zero-order valence-electron chi connectivity index (χ0n) is 16.3. The second kappa shape index (κ2) is 7.60. The molecular formula is C17H27N2O8P. The van der Waals surface area contributed by atoms with Crippen LogP contribution in [-0.2, 0) is 23.3 Å².